The number of aryl methyl sites for hydroxylation is 2. The topological polar surface area (TPSA) is 34.9 Å². The highest BCUT2D eigenvalue weighted by Gasteiger charge is 2.18. The number of aromatic nitrogens is 2. The van der Waals surface area contributed by atoms with Gasteiger partial charge >= 0.3 is 0 Å². The average Bonchev–Trinajstić information content (AvgIpc) is 3.12. The zero-order chi connectivity index (χ0) is 14.8. The molecule has 3 nitrogen and oxygen atoms in total. The van der Waals surface area contributed by atoms with E-state index in [-0.39, 0.29) is 5.78 Å². The number of ketones is 1. The summed E-state index contributed by atoms with van der Waals surface area (Å²) in [6, 6.07) is 8.43. The van der Waals surface area contributed by atoms with Crippen LogP contribution in [-0.2, 0) is 6.42 Å². The largest absolute Gasteiger partial charge is 0.294 e. The molecule has 1 aromatic carbocycles. The molecular weight excluding hydrogens is 260 g/mol. The first-order valence-electron chi connectivity index (χ1n) is 7.78. The van der Waals surface area contributed by atoms with Crippen molar-refractivity contribution in [2.24, 2.45) is 0 Å². The molecule has 0 spiro atoms. The molecule has 0 N–H and O–H groups in total. The Morgan fingerprint density at radius 3 is 2.67 bits per heavy atom. The molecule has 0 amide bonds. The Morgan fingerprint density at radius 2 is 1.95 bits per heavy atom. The molecule has 1 saturated carbocycles. The van der Waals surface area contributed by atoms with Crippen molar-refractivity contribution in [1.29, 1.82) is 0 Å². The first-order chi connectivity index (χ1) is 10.1. The van der Waals surface area contributed by atoms with E-state index in [2.05, 4.69) is 16.7 Å². The van der Waals surface area contributed by atoms with E-state index < -0.39 is 0 Å². The van der Waals surface area contributed by atoms with Crippen molar-refractivity contribution in [2.75, 3.05) is 0 Å². The summed E-state index contributed by atoms with van der Waals surface area (Å²) in [6.45, 7) is 4.10. The Balaban J connectivity index is 1.70. The zero-order valence-electron chi connectivity index (χ0n) is 12.8. The fourth-order valence-electron chi connectivity index (χ4n) is 3.03. The second-order valence-electron chi connectivity index (χ2n) is 6.12. The molecule has 3 heteroatoms. The highest BCUT2D eigenvalue weighted by Crippen LogP contribution is 2.28. The van der Waals surface area contributed by atoms with Gasteiger partial charge in [-0.15, -0.1) is 0 Å². The Kier molecular flexibility index (Phi) is 3.91. The molecule has 1 aromatic heterocycles. The summed E-state index contributed by atoms with van der Waals surface area (Å²) in [6.07, 6.45) is 7.43. The van der Waals surface area contributed by atoms with Crippen molar-refractivity contribution < 1.29 is 4.79 Å². The van der Waals surface area contributed by atoms with Gasteiger partial charge in [0.2, 0.25) is 0 Å². The van der Waals surface area contributed by atoms with Gasteiger partial charge in [0.25, 0.3) is 0 Å². The van der Waals surface area contributed by atoms with Gasteiger partial charge in [-0.2, -0.15) is 5.10 Å². The summed E-state index contributed by atoms with van der Waals surface area (Å²) in [5.74, 6) is 0.148. The van der Waals surface area contributed by atoms with Gasteiger partial charge in [-0.1, -0.05) is 25.0 Å². The lowest BCUT2D eigenvalue weighted by molar-refractivity contribution is 0.0991. The van der Waals surface area contributed by atoms with E-state index in [1.54, 1.807) is 0 Å². The van der Waals surface area contributed by atoms with Crippen LogP contribution >= 0.6 is 0 Å². The van der Waals surface area contributed by atoms with Crippen LogP contribution in [0.15, 0.2) is 30.5 Å². The summed E-state index contributed by atoms with van der Waals surface area (Å²) >= 11 is 0. The van der Waals surface area contributed by atoms with Gasteiger partial charge in [0.15, 0.2) is 5.78 Å². The van der Waals surface area contributed by atoms with Gasteiger partial charge in [-0.3, -0.25) is 9.48 Å². The van der Waals surface area contributed by atoms with Crippen LogP contribution in [0.25, 0.3) is 0 Å². The van der Waals surface area contributed by atoms with Crippen LogP contribution < -0.4 is 0 Å². The molecule has 1 aliphatic carbocycles. The van der Waals surface area contributed by atoms with Gasteiger partial charge < -0.3 is 0 Å². The standard InChI is InChI=1S/C18H22N2O/c1-13-7-8-15(11-14(13)2)18(21)12-16-9-10-20(19-16)17-5-3-4-6-17/h7-11,17H,3-6,12H2,1-2H3. The van der Waals surface area contributed by atoms with Crippen LogP contribution in [0.5, 0.6) is 0 Å². The lowest BCUT2D eigenvalue weighted by atomic mass is 10.0. The molecule has 0 saturated heterocycles. The SMILES string of the molecule is Cc1ccc(C(=O)Cc2ccn(C3CCCC3)n2)cc1C. The van der Waals surface area contributed by atoms with E-state index in [4.69, 9.17) is 0 Å². The fourth-order valence-corrected chi connectivity index (χ4v) is 3.03. The van der Waals surface area contributed by atoms with E-state index >= 15 is 0 Å². The molecule has 3 rings (SSSR count). The molecule has 0 aliphatic heterocycles. The van der Waals surface area contributed by atoms with Crippen molar-refractivity contribution >= 4 is 5.78 Å². The third kappa shape index (κ3) is 3.07. The predicted molar refractivity (Wildman–Crippen MR) is 83.7 cm³/mol. The molecule has 1 heterocycles. The highest BCUT2D eigenvalue weighted by atomic mass is 16.1. The van der Waals surface area contributed by atoms with Crippen molar-refractivity contribution in [1.82, 2.24) is 9.78 Å². The molecule has 1 fully saturated rings. The minimum absolute atomic E-state index is 0.148. The molecule has 0 radical (unpaired) electrons. The third-order valence-electron chi connectivity index (χ3n) is 4.53. The maximum absolute atomic E-state index is 12.4. The Labute approximate surface area is 126 Å². The molecule has 0 unspecified atom stereocenters. The molecule has 0 bridgehead atoms. The fraction of sp³-hybridized carbons (Fsp3) is 0.444. The Bertz CT molecular complexity index is 651. The lowest BCUT2D eigenvalue weighted by Crippen LogP contribution is -2.08. The molecule has 0 atom stereocenters. The number of Topliss-reactive ketones (excluding diaryl/α,β-unsaturated/α-hetero) is 1. The van der Waals surface area contributed by atoms with E-state index in [0.29, 0.717) is 12.5 Å². The van der Waals surface area contributed by atoms with E-state index in [1.807, 2.05) is 37.4 Å². The van der Waals surface area contributed by atoms with Crippen LogP contribution in [0, 0.1) is 13.8 Å². The number of nitrogens with zero attached hydrogens (tertiary/aromatic N) is 2. The number of benzene rings is 1. The molecule has 2 aromatic rings. The van der Waals surface area contributed by atoms with Crippen molar-refractivity contribution in [3.8, 4) is 0 Å². The van der Waals surface area contributed by atoms with Gasteiger partial charge in [-0.05, 0) is 49.9 Å². The molecular formula is C18H22N2O. The maximum atomic E-state index is 12.4. The zero-order valence-corrected chi connectivity index (χ0v) is 12.8. The smallest absolute Gasteiger partial charge is 0.168 e. The summed E-state index contributed by atoms with van der Waals surface area (Å²) in [5.41, 5.74) is 4.05. The third-order valence-corrected chi connectivity index (χ3v) is 4.53. The van der Waals surface area contributed by atoms with Crippen molar-refractivity contribution in [3.05, 3.63) is 52.8 Å². The van der Waals surface area contributed by atoms with Gasteiger partial charge in [0, 0.05) is 11.8 Å². The number of rotatable bonds is 4. The van der Waals surface area contributed by atoms with E-state index in [0.717, 1.165) is 16.8 Å². The number of carbonyl (C=O) groups is 1. The summed E-state index contributed by atoms with van der Waals surface area (Å²) in [5, 5.41) is 4.59. The summed E-state index contributed by atoms with van der Waals surface area (Å²) in [4.78, 5) is 12.4. The molecule has 21 heavy (non-hydrogen) atoms. The van der Waals surface area contributed by atoms with Crippen LogP contribution in [0.4, 0.5) is 0 Å². The van der Waals surface area contributed by atoms with Gasteiger partial charge in [0.05, 0.1) is 18.2 Å². The Morgan fingerprint density at radius 1 is 1.19 bits per heavy atom. The number of hydrogen-bond donors (Lipinski definition) is 0. The van der Waals surface area contributed by atoms with Crippen LogP contribution in [0.2, 0.25) is 0 Å². The summed E-state index contributed by atoms with van der Waals surface area (Å²) < 4.78 is 2.05. The Hall–Kier alpha value is -1.90. The highest BCUT2D eigenvalue weighted by molar-refractivity contribution is 5.97. The second kappa shape index (κ2) is 5.84. The van der Waals surface area contributed by atoms with Crippen molar-refractivity contribution in [2.45, 2.75) is 52.0 Å². The van der Waals surface area contributed by atoms with Crippen LogP contribution in [-0.4, -0.2) is 15.6 Å². The monoisotopic (exact) mass is 282 g/mol. The summed E-state index contributed by atoms with van der Waals surface area (Å²) in [7, 11) is 0. The first kappa shape index (κ1) is 14.1. The van der Waals surface area contributed by atoms with E-state index in [1.165, 1.54) is 31.2 Å². The minimum atomic E-state index is 0.148. The van der Waals surface area contributed by atoms with Crippen molar-refractivity contribution in [3.63, 3.8) is 0 Å². The van der Waals surface area contributed by atoms with Crippen LogP contribution in [0.1, 0.15) is 58.9 Å². The normalized spacial score (nSPS) is 15.5. The quantitative estimate of drug-likeness (QED) is 0.793. The van der Waals surface area contributed by atoms with Gasteiger partial charge in [-0.25, -0.2) is 0 Å². The second-order valence-corrected chi connectivity index (χ2v) is 6.12. The average molecular weight is 282 g/mol. The molecule has 1 aliphatic rings. The minimum Gasteiger partial charge on any atom is -0.294 e. The van der Waals surface area contributed by atoms with Gasteiger partial charge in [0.1, 0.15) is 0 Å². The molecule has 110 valence electrons. The van der Waals surface area contributed by atoms with E-state index in [9.17, 15) is 4.79 Å². The van der Waals surface area contributed by atoms with Crippen LogP contribution in [0.3, 0.4) is 0 Å². The number of hydrogen-bond acceptors (Lipinski definition) is 2. The predicted octanol–water partition coefficient (Wildman–Crippen LogP) is 4.04. The first-order valence-corrected chi connectivity index (χ1v) is 7.78. The maximum Gasteiger partial charge on any atom is 0.168 e. The number of carbonyl (C=O) groups excluding carboxylic acids is 1. The lowest BCUT2D eigenvalue weighted by Gasteiger charge is -2.08.